The molecule has 2 heterocycles. The van der Waals surface area contributed by atoms with E-state index in [0.717, 1.165) is 40.0 Å². The minimum atomic E-state index is -5.08. The van der Waals surface area contributed by atoms with Crippen LogP contribution in [0.5, 0.6) is 0 Å². The average Bonchev–Trinajstić information content (AvgIpc) is 3.44. The van der Waals surface area contributed by atoms with E-state index in [9.17, 15) is 36.3 Å². The number of amides is 1. The molecule has 1 amide bonds. The molecule has 0 saturated heterocycles. The predicted molar refractivity (Wildman–Crippen MR) is 195 cm³/mol. The minimum absolute atomic E-state index is 0.0288. The lowest BCUT2D eigenvalue weighted by atomic mass is 10.1. The van der Waals surface area contributed by atoms with Crippen LogP contribution in [0, 0.1) is 20.8 Å². The number of anilines is 1. The summed E-state index contributed by atoms with van der Waals surface area (Å²) in [6.07, 6.45) is -1.84. The lowest BCUT2D eigenvalue weighted by molar-refractivity contribution is -0.192. The van der Waals surface area contributed by atoms with Gasteiger partial charge in [-0.3, -0.25) is 14.3 Å². The first-order valence-corrected chi connectivity index (χ1v) is 18.0. The van der Waals surface area contributed by atoms with Crippen LogP contribution >= 0.6 is 0 Å². The first-order valence-electron chi connectivity index (χ1n) is 16.6. The van der Waals surface area contributed by atoms with Crippen molar-refractivity contribution >= 4 is 44.6 Å². The molecule has 1 atom stereocenters. The number of carboxylic acid groups (broad SMARTS) is 2. The molecule has 0 bridgehead atoms. The molecule has 0 aliphatic rings. The van der Waals surface area contributed by atoms with E-state index in [1.165, 1.54) is 0 Å². The van der Waals surface area contributed by atoms with Gasteiger partial charge in [0, 0.05) is 30.2 Å². The van der Waals surface area contributed by atoms with Gasteiger partial charge in [-0.1, -0.05) is 60.2 Å². The highest BCUT2D eigenvalue weighted by molar-refractivity contribution is 7.89. The number of sulfonamides is 1. The van der Waals surface area contributed by atoms with Gasteiger partial charge in [0.2, 0.25) is 10.0 Å². The fraction of sp³-hybridized carbons (Fsp3) is 0.270. The third kappa shape index (κ3) is 11.1. The third-order valence-corrected chi connectivity index (χ3v) is 9.78. The van der Waals surface area contributed by atoms with Crippen molar-refractivity contribution in [2.24, 2.45) is 0 Å². The van der Waals surface area contributed by atoms with Gasteiger partial charge in [0.15, 0.2) is 0 Å². The summed E-state index contributed by atoms with van der Waals surface area (Å²) in [5, 5.41) is 28.7. The number of alkyl halides is 3. The summed E-state index contributed by atoms with van der Waals surface area (Å²) in [6.45, 7) is 5.93. The Morgan fingerprint density at radius 3 is 2.15 bits per heavy atom. The second-order valence-corrected chi connectivity index (χ2v) is 14.0. The lowest BCUT2D eigenvalue weighted by Crippen LogP contribution is -2.48. The van der Waals surface area contributed by atoms with Crippen molar-refractivity contribution < 1.29 is 46.2 Å². The van der Waals surface area contributed by atoms with Crippen molar-refractivity contribution in [2.45, 2.75) is 57.3 Å². The monoisotopic (exact) mass is 768 g/mol. The Morgan fingerprint density at radius 2 is 1.56 bits per heavy atom. The first kappa shape index (κ1) is 41.0. The van der Waals surface area contributed by atoms with Gasteiger partial charge in [0.25, 0.3) is 5.91 Å². The normalized spacial score (nSPS) is 12.0. The highest BCUT2D eigenvalue weighted by atomic mass is 32.2. The summed E-state index contributed by atoms with van der Waals surface area (Å²) in [5.41, 5.74) is 4.91. The lowest BCUT2D eigenvalue weighted by Gasteiger charge is -2.18. The maximum absolute atomic E-state index is 13.3. The number of hydrogen-bond acceptors (Lipinski definition) is 8. The second kappa shape index (κ2) is 17.8. The smallest absolute Gasteiger partial charge is 0.480 e. The van der Waals surface area contributed by atoms with Crippen LogP contribution in [0.15, 0.2) is 90.0 Å². The van der Waals surface area contributed by atoms with Gasteiger partial charge < -0.3 is 20.8 Å². The van der Waals surface area contributed by atoms with Gasteiger partial charge >= 0.3 is 18.1 Å². The Hall–Kier alpha value is -5.81. The number of carbonyl (C=O) groups is 3. The molecule has 5 aromatic rings. The maximum atomic E-state index is 13.3. The minimum Gasteiger partial charge on any atom is -0.480 e. The highest BCUT2D eigenvalue weighted by Gasteiger charge is 2.38. The number of pyridine rings is 1. The van der Waals surface area contributed by atoms with E-state index < -0.39 is 46.6 Å². The summed E-state index contributed by atoms with van der Waals surface area (Å²) >= 11 is 0. The fourth-order valence-corrected chi connectivity index (χ4v) is 7.34. The van der Waals surface area contributed by atoms with Gasteiger partial charge in [0.1, 0.15) is 11.9 Å². The van der Waals surface area contributed by atoms with Crippen molar-refractivity contribution in [1.29, 1.82) is 0 Å². The Kier molecular flexibility index (Phi) is 13.5. The number of fused-ring (bicyclic) bond motifs is 1. The molecule has 0 unspecified atom stereocenters. The number of carbonyl (C=O) groups excluding carboxylic acids is 1. The van der Waals surface area contributed by atoms with E-state index in [2.05, 4.69) is 20.3 Å². The number of carboxylic acids is 2. The van der Waals surface area contributed by atoms with Crippen molar-refractivity contribution in [2.75, 3.05) is 18.4 Å². The summed E-state index contributed by atoms with van der Waals surface area (Å²) in [7, 11) is -4.18. The van der Waals surface area contributed by atoms with Gasteiger partial charge in [0.05, 0.1) is 22.7 Å². The van der Waals surface area contributed by atoms with Gasteiger partial charge in [-0.25, -0.2) is 18.2 Å². The zero-order valence-electron chi connectivity index (χ0n) is 29.5. The van der Waals surface area contributed by atoms with Gasteiger partial charge in [-0.2, -0.15) is 23.0 Å². The standard InChI is InChI=1S/C35H38N6O5S.C2HF3O2/c1-23-18-24(2)33(25(3)19-23)47(45,46)40-30(35(43)44)21-38-34(42)27-14-15-28-29(12-9-17-37-32-13-7-8-16-36-32)39-41(31(28)20-27)22-26-10-5-4-6-11-26;3-2(4,5)1(6)7/h4-8,10-11,13-16,18-20,30,40H,9,12,17,21-22H2,1-3H3,(H,36,37)(H,38,42)(H,43,44);(H,6,7)/t30-;/m0./s1. The number of rotatable bonds is 14. The molecule has 0 aliphatic heterocycles. The van der Waals surface area contributed by atoms with Crippen molar-refractivity contribution in [3.05, 3.63) is 119 Å². The van der Waals surface area contributed by atoms with Crippen molar-refractivity contribution in [1.82, 2.24) is 24.8 Å². The van der Waals surface area contributed by atoms with Crippen LogP contribution in [-0.2, 0) is 32.6 Å². The maximum Gasteiger partial charge on any atom is 0.490 e. The SMILES string of the molecule is Cc1cc(C)c(S(=O)(=O)N[C@@H](CNC(=O)c2ccc3c(CCCNc4ccccn4)nn(Cc4ccccc4)c3c2)C(=O)O)c(C)c1.O=C(O)C(F)(F)F. The molecule has 0 spiro atoms. The van der Waals surface area contributed by atoms with Crippen LogP contribution < -0.4 is 15.4 Å². The molecular formula is C37H39F3N6O7S. The zero-order valence-corrected chi connectivity index (χ0v) is 30.3. The summed E-state index contributed by atoms with van der Waals surface area (Å²) in [5.74, 6) is -3.89. The van der Waals surface area contributed by atoms with Crippen LogP contribution in [0.1, 0.15) is 44.7 Å². The molecule has 13 nitrogen and oxygen atoms in total. The number of aliphatic carboxylic acids is 2. The average molecular weight is 769 g/mol. The van der Waals surface area contributed by atoms with Gasteiger partial charge in [-0.05, 0) is 74.6 Å². The molecule has 286 valence electrons. The number of nitrogens with one attached hydrogen (secondary N) is 3. The molecule has 2 aromatic heterocycles. The number of aryl methyl sites for hydroxylation is 4. The molecule has 0 radical (unpaired) electrons. The molecule has 17 heteroatoms. The Morgan fingerprint density at radius 1 is 0.907 bits per heavy atom. The van der Waals surface area contributed by atoms with Crippen molar-refractivity contribution in [3.63, 3.8) is 0 Å². The number of benzene rings is 3. The van der Waals surface area contributed by atoms with Crippen LogP contribution in [0.2, 0.25) is 0 Å². The zero-order chi connectivity index (χ0) is 39.6. The van der Waals surface area contributed by atoms with E-state index in [1.807, 2.05) is 66.2 Å². The van der Waals surface area contributed by atoms with E-state index >= 15 is 0 Å². The molecule has 5 rings (SSSR count). The first-order chi connectivity index (χ1) is 25.5. The summed E-state index contributed by atoms with van der Waals surface area (Å²) in [6, 6.07) is 22.7. The molecule has 54 heavy (non-hydrogen) atoms. The molecular weight excluding hydrogens is 730 g/mol. The number of aromatic nitrogens is 3. The third-order valence-electron chi connectivity index (χ3n) is 8.01. The van der Waals surface area contributed by atoms with Gasteiger partial charge in [-0.15, -0.1) is 0 Å². The number of hydrogen-bond donors (Lipinski definition) is 5. The molecule has 0 aliphatic carbocycles. The van der Waals surface area contributed by atoms with Crippen LogP contribution in [0.25, 0.3) is 10.9 Å². The molecule has 5 N–H and O–H groups in total. The van der Waals surface area contributed by atoms with Crippen LogP contribution in [-0.4, -0.2) is 76.5 Å². The number of halogens is 3. The molecule has 3 aromatic carbocycles. The Balaban J connectivity index is 0.000000845. The van der Waals surface area contributed by atoms with Crippen LogP contribution in [0.4, 0.5) is 19.0 Å². The quantitative estimate of drug-likeness (QED) is 0.0933. The van der Waals surface area contributed by atoms with E-state index in [4.69, 9.17) is 15.0 Å². The van der Waals surface area contributed by atoms with E-state index in [0.29, 0.717) is 36.2 Å². The fourth-order valence-electron chi connectivity index (χ4n) is 5.70. The van der Waals surface area contributed by atoms with Crippen LogP contribution in [0.3, 0.4) is 0 Å². The molecule has 0 saturated carbocycles. The Labute approximate surface area is 309 Å². The number of nitrogens with zero attached hydrogens (tertiary/aromatic N) is 3. The highest BCUT2D eigenvalue weighted by Crippen LogP contribution is 2.24. The van der Waals surface area contributed by atoms with E-state index in [-0.39, 0.29) is 4.90 Å². The summed E-state index contributed by atoms with van der Waals surface area (Å²) < 4.78 is 62.3. The van der Waals surface area contributed by atoms with Crippen molar-refractivity contribution in [3.8, 4) is 0 Å². The molecule has 0 fully saturated rings. The topological polar surface area (TPSA) is 193 Å². The summed E-state index contributed by atoms with van der Waals surface area (Å²) in [4.78, 5) is 38.6. The largest absolute Gasteiger partial charge is 0.490 e. The van der Waals surface area contributed by atoms with E-state index in [1.54, 1.807) is 44.3 Å². The second-order valence-electron chi connectivity index (χ2n) is 12.3. The Bertz CT molecular complexity index is 2190. The predicted octanol–water partition coefficient (Wildman–Crippen LogP) is 5.24.